The molecular weight excluding hydrogens is 353 g/mol. The maximum atomic E-state index is 10.2. The van der Waals surface area contributed by atoms with Gasteiger partial charge in [-0.2, -0.15) is 0 Å². The van der Waals surface area contributed by atoms with Crippen LogP contribution in [-0.2, 0) is 10.8 Å². The number of diazo groups is 1. The van der Waals surface area contributed by atoms with E-state index in [1.54, 1.807) is 6.07 Å². The van der Waals surface area contributed by atoms with E-state index in [0.29, 0.717) is 0 Å². The molecule has 0 fully saturated rings. The summed E-state index contributed by atoms with van der Waals surface area (Å²) in [5, 5.41) is 18.5. The number of rotatable bonds is 1. The van der Waals surface area contributed by atoms with E-state index < -0.39 is 15.7 Å². The average Bonchev–Trinajstić information content (AvgIpc) is 2.15. The van der Waals surface area contributed by atoms with Crippen LogP contribution >= 0.6 is 38.8 Å². The number of hydrogen-bond donors (Lipinski definition) is 0. The van der Waals surface area contributed by atoms with E-state index in [2.05, 4.69) is 4.98 Å². The van der Waals surface area contributed by atoms with Crippen LogP contribution in [0, 0.1) is 15.5 Å². The van der Waals surface area contributed by atoms with Gasteiger partial charge in [-0.1, -0.05) is 12.1 Å². The number of nitrogens with zero attached hydrogens (tertiary/aromatic N) is 3. The standard InChI is InChI=1S/C6H4N3O2.4ClH.Zn/c7-8-5-3-1-2-4-6(5)9(10)11;;;;;/h1-4H;4*1H;/q+1;;;;;+2/p-4. The summed E-state index contributed by atoms with van der Waals surface area (Å²) in [6.45, 7) is 0. The van der Waals surface area contributed by atoms with Crippen molar-refractivity contribution in [2.45, 2.75) is 0 Å². The molecule has 1 aromatic carbocycles. The molecular formula is C6H4Cl4N3O2Zn-. The summed E-state index contributed by atoms with van der Waals surface area (Å²) in [7, 11) is 16.8. The van der Waals surface area contributed by atoms with Gasteiger partial charge in [-0.3, -0.25) is 10.1 Å². The van der Waals surface area contributed by atoms with E-state index in [1.807, 2.05) is 0 Å². The molecule has 1 aromatic rings. The van der Waals surface area contributed by atoms with Gasteiger partial charge in [-0.25, -0.2) is 0 Å². The van der Waals surface area contributed by atoms with E-state index >= 15 is 0 Å². The number of hydrogen-bond acceptors (Lipinski definition) is 3. The second-order valence-electron chi connectivity index (χ2n) is 2.45. The third kappa shape index (κ3) is 8.03. The fourth-order valence-corrected chi connectivity index (χ4v) is 0.703. The molecule has 0 N–H and O–H groups in total. The van der Waals surface area contributed by atoms with Crippen LogP contribution < -0.4 is 0 Å². The normalized spacial score (nSPS) is 9.69. The summed E-state index contributed by atoms with van der Waals surface area (Å²) in [6, 6.07) is 5.70. The Kier molecular flexibility index (Phi) is 7.13. The van der Waals surface area contributed by atoms with Gasteiger partial charge in [0.15, 0.2) is 4.98 Å². The Morgan fingerprint density at radius 1 is 1.25 bits per heavy atom. The first kappa shape index (κ1) is 15.8. The molecule has 0 aliphatic heterocycles. The molecule has 0 aromatic heterocycles. The van der Waals surface area contributed by atoms with E-state index in [4.69, 9.17) is 44.2 Å². The van der Waals surface area contributed by atoms with Crippen molar-refractivity contribution >= 4 is 50.1 Å². The maximum absolute atomic E-state index is 10.2. The fourth-order valence-electron chi connectivity index (χ4n) is 0.703. The predicted molar refractivity (Wildman–Crippen MR) is 61.3 cm³/mol. The molecule has 0 amide bonds. The molecule has 0 radical (unpaired) electrons. The van der Waals surface area contributed by atoms with Crippen LogP contribution in [0.3, 0.4) is 0 Å². The minimum absolute atomic E-state index is 0.0301. The number of nitro benzene ring substituents is 1. The van der Waals surface area contributed by atoms with E-state index in [1.165, 1.54) is 18.2 Å². The van der Waals surface area contributed by atoms with Crippen molar-refractivity contribution in [2.75, 3.05) is 0 Å². The molecule has 1 rings (SSSR count). The summed E-state index contributed by atoms with van der Waals surface area (Å²) in [6.07, 6.45) is 0. The zero-order chi connectivity index (χ0) is 12.8. The first-order chi connectivity index (χ1) is 7.25. The summed E-state index contributed by atoms with van der Waals surface area (Å²) in [4.78, 5) is 12.4. The Hall–Kier alpha value is -0.177. The molecule has 0 aliphatic rings. The van der Waals surface area contributed by atoms with E-state index in [-0.39, 0.29) is 11.4 Å². The molecule has 16 heavy (non-hydrogen) atoms. The molecule has 5 nitrogen and oxygen atoms in total. The number of nitro groups is 1. The van der Waals surface area contributed by atoms with Gasteiger partial charge in [0.1, 0.15) is 0 Å². The van der Waals surface area contributed by atoms with Crippen LogP contribution in [0.15, 0.2) is 24.3 Å². The molecule has 0 atom stereocenters. The zero-order valence-electron chi connectivity index (χ0n) is 7.69. The van der Waals surface area contributed by atoms with Crippen LogP contribution in [-0.4, -0.2) is 4.92 Å². The van der Waals surface area contributed by atoms with Crippen LogP contribution in [0.5, 0.6) is 0 Å². The fraction of sp³-hybridized carbons (Fsp3) is 0. The van der Waals surface area contributed by atoms with Gasteiger partial charge < -0.3 is 0 Å². The molecule has 0 spiro atoms. The Bertz CT molecular complexity index is 411. The molecule has 0 aliphatic carbocycles. The van der Waals surface area contributed by atoms with Crippen molar-refractivity contribution in [3.8, 4) is 0 Å². The van der Waals surface area contributed by atoms with Gasteiger partial charge in [0, 0.05) is 12.1 Å². The van der Waals surface area contributed by atoms with Crippen LogP contribution in [0.2, 0.25) is 0 Å². The van der Waals surface area contributed by atoms with Crippen molar-refractivity contribution < 1.29 is 15.7 Å². The first-order valence-electron chi connectivity index (χ1n) is 3.91. The summed E-state index contributed by atoms with van der Waals surface area (Å²) < 4.78 is 0. The van der Waals surface area contributed by atoms with Crippen molar-refractivity contribution in [1.29, 1.82) is 5.39 Å². The van der Waals surface area contributed by atoms with Gasteiger partial charge in [0.05, 0.1) is 4.92 Å². The van der Waals surface area contributed by atoms with Crippen LogP contribution in [0.25, 0.3) is 4.98 Å². The second-order valence-corrected chi connectivity index (χ2v) is 30.2. The SMILES string of the molecule is N#[N+]c1ccccc1[N+](=O)[O-].[Cl][Zn-2]([Cl])([Cl])[Cl]. The van der Waals surface area contributed by atoms with Gasteiger partial charge in [0.2, 0.25) is 5.39 Å². The van der Waals surface area contributed by atoms with Gasteiger partial charge in [-0.05, 0) is 0 Å². The summed E-state index contributed by atoms with van der Waals surface area (Å²) in [5.41, 5.74) is -0.229. The predicted octanol–water partition coefficient (Wildman–Crippen LogP) is 4.83. The zero-order valence-corrected chi connectivity index (χ0v) is 13.7. The molecule has 0 saturated heterocycles. The second kappa shape index (κ2) is 7.21. The van der Waals surface area contributed by atoms with Crippen molar-refractivity contribution in [2.24, 2.45) is 0 Å². The summed E-state index contributed by atoms with van der Waals surface area (Å²) >= 11 is 0. The summed E-state index contributed by atoms with van der Waals surface area (Å²) in [5.74, 6) is 0. The van der Waals surface area contributed by atoms with Gasteiger partial charge in [-0.15, -0.1) is 0 Å². The third-order valence-corrected chi connectivity index (χ3v) is 1.19. The molecule has 0 unspecified atom stereocenters. The molecule has 10 heteroatoms. The average molecular weight is 357 g/mol. The molecule has 86 valence electrons. The van der Waals surface area contributed by atoms with Crippen molar-refractivity contribution in [1.82, 2.24) is 0 Å². The first-order valence-corrected chi connectivity index (χ1v) is 19.5. The van der Waals surface area contributed by atoms with Crippen molar-refractivity contribution in [3.63, 3.8) is 0 Å². The van der Waals surface area contributed by atoms with Crippen molar-refractivity contribution in [3.05, 3.63) is 39.4 Å². The number of benzene rings is 1. The van der Waals surface area contributed by atoms with E-state index in [0.717, 1.165) is 0 Å². The topological polar surface area (TPSA) is 71.3 Å². The number of para-hydroxylation sites is 1. The molecule has 0 saturated carbocycles. The quantitative estimate of drug-likeness (QED) is 0.313. The van der Waals surface area contributed by atoms with Gasteiger partial charge in [0.25, 0.3) is 0 Å². The van der Waals surface area contributed by atoms with Gasteiger partial charge >= 0.3 is 61.0 Å². The van der Waals surface area contributed by atoms with Crippen LogP contribution in [0.1, 0.15) is 0 Å². The van der Waals surface area contributed by atoms with Crippen LogP contribution in [0.4, 0.5) is 11.4 Å². The Morgan fingerprint density at radius 3 is 2.00 bits per heavy atom. The number of halogens is 4. The monoisotopic (exact) mass is 354 g/mol. The third-order valence-electron chi connectivity index (χ3n) is 1.19. The Balaban J connectivity index is 0.000000385. The Morgan fingerprint density at radius 2 is 1.69 bits per heavy atom. The molecule has 0 bridgehead atoms. The van der Waals surface area contributed by atoms with E-state index in [9.17, 15) is 10.1 Å². The minimum atomic E-state index is -3.36. The molecule has 0 heterocycles. The Labute approximate surface area is 110 Å².